The summed E-state index contributed by atoms with van der Waals surface area (Å²) in [7, 11) is 0. The molecule has 0 aliphatic carbocycles. The molecule has 0 saturated carbocycles. The second kappa shape index (κ2) is 7.07. The van der Waals surface area contributed by atoms with Crippen molar-refractivity contribution < 1.29 is 9.53 Å². The first-order chi connectivity index (χ1) is 11.5. The number of carbonyl (C=O) groups is 1. The predicted molar refractivity (Wildman–Crippen MR) is 97.1 cm³/mol. The van der Waals surface area contributed by atoms with Crippen molar-refractivity contribution in [2.75, 3.05) is 11.9 Å². The Kier molecular flexibility index (Phi) is 4.88. The van der Waals surface area contributed by atoms with Crippen LogP contribution in [0.15, 0.2) is 48.7 Å². The van der Waals surface area contributed by atoms with E-state index in [4.69, 9.17) is 27.9 Å². The van der Waals surface area contributed by atoms with Crippen LogP contribution < -0.4 is 10.1 Å². The molecule has 0 saturated heterocycles. The number of amides is 1. The number of fused-ring (bicyclic) bond motifs is 1. The summed E-state index contributed by atoms with van der Waals surface area (Å²) >= 11 is 12.1. The van der Waals surface area contributed by atoms with Crippen molar-refractivity contribution in [1.82, 2.24) is 4.98 Å². The van der Waals surface area contributed by atoms with Crippen LogP contribution in [0.5, 0.6) is 5.75 Å². The molecule has 0 radical (unpaired) electrons. The molecule has 3 rings (SSSR count). The number of nitrogens with zero attached hydrogens (tertiary/aromatic N) is 1. The van der Waals surface area contributed by atoms with Gasteiger partial charge in [-0.05, 0) is 48.9 Å². The van der Waals surface area contributed by atoms with Gasteiger partial charge in [-0.2, -0.15) is 0 Å². The van der Waals surface area contributed by atoms with Gasteiger partial charge < -0.3 is 10.1 Å². The molecule has 1 aromatic heterocycles. The van der Waals surface area contributed by atoms with E-state index in [1.165, 1.54) is 0 Å². The molecule has 0 atom stereocenters. The largest absolute Gasteiger partial charge is 0.481 e. The van der Waals surface area contributed by atoms with E-state index >= 15 is 0 Å². The molecule has 1 N–H and O–H groups in total. The summed E-state index contributed by atoms with van der Waals surface area (Å²) in [6.07, 6.45) is 1.65. The Hall–Kier alpha value is -2.30. The molecule has 6 heteroatoms. The van der Waals surface area contributed by atoms with E-state index in [-0.39, 0.29) is 12.5 Å². The minimum Gasteiger partial charge on any atom is -0.481 e. The lowest BCUT2D eigenvalue weighted by molar-refractivity contribution is -0.118. The highest BCUT2D eigenvalue weighted by atomic mass is 35.5. The summed E-state index contributed by atoms with van der Waals surface area (Å²) in [6, 6.07) is 12.4. The van der Waals surface area contributed by atoms with E-state index in [2.05, 4.69) is 10.3 Å². The SMILES string of the molecule is Cc1ccc(Cl)cc1NC(=O)COc1ccc(Cl)c2cccnc12. The summed E-state index contributed by atoms with van der Waals surface area (Å²) < 4.78 is 5.61. The zero-order valence-corrected chi connectivity index (χ0v) is 14.4. The maximum Gasteiger partial charge on any atom is 0.262 e. The van der Waals surface area contributed by atoms with Crippen molar-refractivity contribution in [2.24, 2.45) is 0 Å². The molecular weight excluding hydrogens is 347 g/mol. The minimum atomic E-state index is -0.278. The van der Waals surface area contributed by atoms with E-state index in [1.807, 2.05) is 19.1 Å². The van der Waals surface area contributed by atoms with E-state index < -0.39 is 0 Å². The number of aryl methyl sites for hydroxylation is 1. The van der Waals surface area contributed by atoms with Crippen LogP contribution in [0.3, 0.4) is 0 Å². The number of hydrogen-bond acceptors (Lipinski definition) is 3. The van der Waals surface area contributed by atoms with E-state index in [9.17, 15) is 4.79 Å². The van der Waals surface area contributed by atoms with E-state index in [0.29, 0.717) is 27.0 Å². The van der Waals surface area contributed by atoms with Gasteiger partial charge in [0.25, 0.3) is 5.91 Å². The maximum absolute atomic E-state index is 12.1. The highest BCUT2D eigenvalue weighted by Gasteiger charge is 2.10. The first-order valence-electron chi connectivity index (χ1n) is 7.26. The third-order valence-corrected chi connectivity index (χ3v) is 4.08. The van der Waals surface area contributed by atoms with Crippen molar-refractivity contribution in [3.63, 3.8) is 0 Å². The number of aromatic nitrogens is 1. The molecule has 0 unspecified atom stereocenters. The Balaban J connectivity index is 1.73. The summed E-state index contributed by atoms with van der Waals surface area (Å²) in [5.74, 6) is 0.229. The van der Waals surface area contributed by atoms with Gasteiger partial charge in [0.15, 0.2) is 6.61 Å². The molecule has 1 heterocycles. The van der Waals surface area contributed by atoms with Gasteiger partial charge in [0.2, 0.25) is 0 Å². The second-order valence-corrected chi connectivity index (χ2v) is 6.08. The zero-order valence-electron chi connectivity index (χ0n) is 12.8. The Bertz CT molecular complexity index is 913. The molecule has 1 amide bonds. The number of pyridine rings is 1. The molecule has 24 heavy (non-hydrogen) atoms. The van der Waals surface area contributed by atoms with E-state index in [0.717, 1.165) is 10.9 Å². The van der Waals surface area contributed by atoms with Gasteiger partial charge in [0, 0.05) is 22.3 Å². The average Bonchev–Trinajstić information content (AvgIpc) is 2.58. The lowest BCUT2D eigenvalue weighted by atomic mass is 10.2. The Morgan fingerprint density at radius 1 is 1.21 bits per heavy atom. The van der Waals surface area contributed by atoms with Gasteiger partial charge in [0.1, 0.15) is 11.3 Å². The lowest BCUT2D eigenvalue weighted by Crippen LogP contribution is -2.20. The predicted octanol–water partition coefficient (Wildman–Crippen LogP) is 4.87. The quantitative estimate of drug-likeness (QED) is 0.722. The standard InChI is InChI=1S/C18H14Cl2N2O2/c1-11-4-5-12(19)9-15(11)22-17(23)10-24-16-7-6-14(20)13-3-2-8-21-18(13)16/h2-9H,10H2,1H3,(H,22,23). The topological polar surface area (TPSA) is 51.2 Å². The fraction of sp³-hybridized carbons (Fsp3) is 0.111. The van der Waals surface area contributed by atoms with Crippen molar-refractivity contribution in [2.45, 2.75) is 6.92 Å². The number of carbonyl (C=O) groups excluding carboxylic acids is 1. The molecule has 2 aromatic carbocycles. The number of ether oxygens (including phenoxy) is 1. The summed E-state index contributed by atoms with van der Waals surface area (Å²) in [4.78, 5) is 16.4. The van der Waals surface area contributed by atoms with Gasteiger partial charge >= 0.3 is 0 Å². The number of hydrogen-bond donors (Lipinski definition) is 1. The number of benzene rings is 2. The van der Waals surface area contributed by atoms with Crippen LogP contribution in [0, 0.1) is 6.92 Å². The number of rotatable bonds is 4. The molecule has 122 valence electrons. The van der Waals surface area contributed by atoms with Gasteiger partial charge in [-0.15, -0.1) is 0 Å². The van der Waals surface area contributed by atoms with E-state index in [1.54, 1.807) is 36.5 Å². The van der Waals surface area contributed by atoms with Crippen LogP contribution in [-0.4, -0.2) is 17.5 Å². The Morgan fingerprint density at radius 2 is 2.04 bits per heavy atom. The van der Waals surface area contributed by atoms with Crippen LogP contribution in [0.2, 0.25) is 10.0 Å². The monoisotopic (exact) mass is 360 g/mol. The first kappa shape index (κ1) is 16.6. The fourth-order valence-electron chi connectivity index (χ4n) is 2.29. The van der Waals surface area contributed by atoms with Crippen molar-refractivity contribution in [3.05, 3.63) is 64.3 Å². The van der Waals surface area contributed by atoms with Crippen LogP contribution >= 0.6 is 23.2 Å². The van der Waals surface area contributed by atoms with Crippen LogP contribution in [-0.2, 0) is 4.79 Å². The third-order valence-electron chi connectivity index (χ3n) is 3.51. The number of halogens is 2. The average molecular weight is 361 g/mol. The van der Waals surface area contributed by atoms with Crippen LogP contribution in [0.4, 0.5) is 5.69 Å². The van der Waals surface area contributed by atoms with Gasteiger partial charge in [-0.25, -0.2) is 0 Å². The third kappa shape index (κ3) is 3.61. The molecule has 0 fully saturated rings. The lowest BCUT2D eigenvalue weighted by Gasteiger charge is -2.11. The summed E-state index contributed by atoms with van der Waals surface area (Å²) in [5.41, 5.74) is 2.21. The van der Waals surface area contributed by atoms with Crippen molar-refractivity contribution in [3.8, 4) is 5.75 Å². The fourth-order valence-corrected chi connectivity index (χ4v) is 2.67. The highest BCUT2D eigenvalue weighted by molar-refractivity contribution is 6.35. The molecular formula is C18H14Cl2N2O2. The highest BCUT2D eigenvalue weighted by Crippen LogP contribution is 2.29. The van der Waals surface area contributed by atoms with Crippen molar-refractivity contribution >= 4 is 45.7 Å². The smallest absolute Gasteiger partial charge is 0.262 e. The van der Waals surface area contributed by atoms with Gasteiger partial charge in [-0.3, -0.25) is 9.78 Å². The normalized spacial score (nSPS) is 10.6. The minimum absolute atomic E-state index is 0.140. The van der Waals surface area contributed by atoms with Gasteiger partial charge in [0.05, 0.1) is 5.02 Å². The molecule has 3 aromatic rings. The van der Waals surface area contributed by atoms with Gasteiger partial charge in [-0.1, -0.05) is 29.3 Å². The summed E-state index contributed by atoms with van der Waals surface area (Å²) in [6.45, 7) is 1.75. The second-order valence-electron chi connectivity index (χ2n) is 5.24. The Labute approximate surface area is 149 Å². The van der Waals surface area contributed by atoms with Crippen LogP contribution in [0.25, 0.3) is 10.9 Å². The Morgan fingerprint density at radius 3 is 2.88 bits per heavy atom. The molecule has 0 aliphatic rings. The first-order valence-corrected chi connectivity index (χ1v) is 8.02. The molecule has 0 bridgehead atoms. The zero-order chi connectivity index (χ0) is 17.1. The number of nitrogens with one attached hydrogen (secondary N) is 1. The summed E-state index contributed by atoms with van der Waals surface area (Å²) in [5, 5.41) is 4.71. The van der Waals surface area contributed by atoms with Crippen LogP contribution in [0.1, 0.15) is 5.56 Å². The molecule has 0 aliphatic heterocycles. The molecule has 0 spiro atoms. The molecule has 4 nitrogen and oxygen atoms in total. The van der Waals surface area contributed by atoms with Crippen molar-refractivity contribution in [1.29, 1.82) is 0 Å². The number of anilines is 1. The maximum atomic E-state index is 12.1.